The minimum Gasteiger partial charge on any atom is -0.303 e. The van der Waals surface area contributed by atoms with Crippen molar-refractivity contribution in [2.24, 2.45) is 11.3 Å². The van der Waals surface area contributed by atoms with Crippen LogP contribution in [0.15, 0.2) is 0 Å². The molecule has 1 aliphatic rings. The summed E-state index contributed by atoms with van der Waals surface area (Å²) < 4.78 is 0. The number of aldehydes is 1. The molecule has 0 heterocycles. The molecular formula is C10H14O. The largest absolute Gasteiger partial charge is 0.303 e. The fourth-order valence-electron chi connectivity index (χ4n) is 1.53. The van der Waals surface area contributed by atoms with Crippen molar-refractivity contribution in [2.75, 3.05) is 0 Å². The lowest BCUT2D eigenvalue weighted by Gasteiger charge is -2.05. The van der Waals surface area contributed by atoms with E-state index in [0.717, 1.165) is 32.0 Å². The van der Waals surface area contributed by atoms with Crippen LogP contribution >= 0.6 is 0 Å². The highest BCUT2D eigenvalue weighted by Gasteiger charge is 2.51. The summed E-state index contributed by atoms with van der Waals surface area (Å²) in [7, 11) is 0. The molecule has 1 aliphatic carbocycles. The van der Waals surface area contributed by atoms with Gasteiger partial charge in [0.2, 0.25) is 0 Å². The Balaban J connectivity index is 2.41. The molecule has 0 unspecified atom stereocenters. The molecule has 2 atom stereocenters. The lowest BCUT2D eigenvalue weighted by Crippen LogP contribution is -2.00. The van der Waals surface area contributed by atoms with Crippen LogP contribution < -0.4 is 0 Å². The van der Waals surface area contributed by atoms with Gasteiger partial charge in [-0.1, -0.05) is 25.7 Å². The van der Waals surface area contributed by atoms with Gasteiger partial charge in [0, 0.05) is 11.3 Å². The van der Waals surface area contributed by atoms with Gasteiger partial charge in [0.15, 0.2) is 0 Å². The number of rotatable bonds is 4. The molecule has 0 bridgehead atoms. The van der Waals surface area contributed by atoms with Crippen LogP contribution in [-0.2, 0) is 4.79 Å². The Morgan fingerprint density at radius 1 is 1.82 bits per heavy atom. The number of carbonyl (C=O) groups is 1. The zero-order chi connectivity index (χ0) is 8.32. The first-order valence-electron chi connectivity index (χ1n) is 4.22. The van der Waals surface area contributed by atoms with Crippen molar-refractivity contribution in [1.82, 2.24) is 0 Å². The zero-order valence-corrected chi connectivity index (χ0v) is 6.97. The highest BCUT2D eigenvalue weighted by molar-refractivity contribution is 5.62. The van der Waals surface area contributed by atoms with E-state index in [2.05, 4.69) is 12.8 Å². The van der Waals surface area contributed by atoms with Gasteiger partial charge in [-0.2, -0.15) is 0 Å². The van der Waals surface area contributed by atoms with Gasteiger partial charge in [-0.3, -0.25) is 0 Å². The molecule has 0 saturated heterocycles. The molecule has 1 saturated carbocycles. The van der Waals surface area contributed by atoms with Crippen molar-refractivity contribution in [3.63, 3.8) is 0 Å². The first-order valence-corrected chi connectivity index (χ1v) is 4.22. The summed E-state index contributed by atoms with van der Waals surface area (Å²) in [6.45, 7) is 2.14. The molecule has 1 fully saturated rings. The summed E-state index contributed by atoms with van der Waals surface area (Å²) >= 11 is 0. The Morgan fingerprint density at radius 2 is 2.55 bits per heavy atom. The summed E-state index contributed by atoms with van der Waals surface area (Å²) in [5.41, 5.74) is -0.0300. The van der Waals surface area contributed by atoms with E-state index in [4.69, 9.17) is 6.42 Å². The molecule has 1 rings (SSSR count). The van der Waals surface area contributed by atoms with E-state index in [-0.39, 0.29) is 11.3 Å². The SMILES string of the molecule is C#C[C@]1(CCCC)C[C@@H]1C=O. The van der Waals surface area contributed by atoms with Crippen molar-refractivity contribution < 1.29 is 4.79 Å². The Kier molecular flexibility index (Phi) is 2.34. The predicted octanol–water partition coefficient (Wildman–Crippen LogP) is 2.01. The van der Waals surface area contributed by atoms with Crippen molar-refractivity contribution in [1.29, 1.82) is 0 Å². The van der Waals surface area contributed by atoms with Crippen molar-refractivity contribution in [3.05, 3.63) is 0 Å². The van der Waals surface area contributed by atoms with Crippen LogP contribution in [0.2, 0.25) is 0 Å². The fourth-order valence-corrected chi connectivity index (χ4v) is 1.53. The van der Waals surface area contributed by atoms with E-state index in [1.54, 1.807) is 0 Å². The van der Waals surface area contributed by atoms with E-state index in [1.807, 2.05) is 0 Å². The average Bonchev–Trinajstić information content (AvgIpc) is 2.76. The van der Waals surface area contributed by atoms with Crippen LogP contribution in [0, 0.1) is 23.7 Å². The lowest BCUT2D eigenvalue weighted by molar-refractivity contribution is -0.109. The lowest BCUT2D eigenvalue weighted by atomic mass is 9.98. The third-order valence-electron chi connectivity index (χ3n) is 2.56. The molecule has 60 valence electrons. The maximum absolute atomic E-state index is 10.4. The Labute approximate surface area is 68.2 Å². The van der Waals surface area contributed by atoms with Gasteiger partial charge in [0.05, 0.1) is 0 Å². The smallest absolute Gasteiger partial charge is 0.124 e. The second-order valence-electron chi connectivity index (χ2n) is 3.35. The van der Waals surface area contributed by atoms with Gasteiger partial charge in [-0.25, -0.2) is 0 Å². The van der Waals surface area contributed by atoms with Gasteiger partial charge in [0.1, 0.15) is 6.29 Å². The van der Waals surface area contributed by atoms with Crippen molar-refractivity contribution in [3.8, 4) is 12.3 Å². The minimum atomic E-state index is -0.0300. The van der Waals surface area contributed by atoms with Crippen LogP contribution in [0.25, 0.3) is 0 Å². The van der Waals surface area contributed by atoms with Crippen LogP contribution in [0.1, 0.15) is 32.6 Å². The van der Waals surface area contributed by atoms with Crippen molar-refractivity contribution >= 4 is 6.29 Å². The van der Waals surface area contributed by atoms with Gasteiger partial charge in [-0.05, 0) is 12.8 Å². The minimum absolute atomic E-state index is 0.0300. The molecule has 0 aromatic carbocycles. The number of unbranched alkanes of at least 4 members (excludes halogenated alkanes) is 1. The zero-order valence-electron chi connectivity index (χ0n) is 6.97. The summed E-state index contributed by atoms with van der Waals surface area (Å²) in [5, 5.41) is 0. The van der Waals surface area contributed by atoms with Crippen LogP contribution in [0.3, 0.4) is 0 Å². The molecule has 0 N–H and O–H groups in total. The molecule has 0 aromatic rings. The highest BCUT2D eigenvalue weighted by Crippen LogP contribution is 2.54. The van der Waals surface area contributed by atoms with Crippen molar-refractivity contribution in [2.45, 2.75) is 32.6 Å². The topological polar surface area (TPSA) is 17.1 Å². The van der Waals surface area contributed by atoms with E-state index in [1.165, 1.54) is 0 Å². The summed E-state index contributed by atoms with van der Waals surface area (Å²) in [5.74, 6) is 2.92. The second-order valence-corrected chi connectivity index (χ2v) is 3.35. The summed E-state index contributed by atoms with van der Waals surface area (Å²) in [6, 6.07) is 0. The molecule has 0 amide bonds. The predicted molar refractivity (Wildman–Crippen MR) is 45.0 cm³/mol. The Hall–Kier alpha value is -0.770. The summed E-state index contributed by atoms with van der Waals surface area (Å²) in [6.07, 6.45) is 10.6. The first kappa shape index (κ1) is 8.33. The standard InChI is InChI=1S/C10H14O/c1-3-5-6-10(4-2)7-9(10)8-11/h2,8-9H,3,5-7H2,1H3/t9-,10+/m1/s1. The molecule has 0 aromatic heterocycles. The third-order valence-corrected chi connectivity index (χ3v) is 2.56. The molecule has 1 nitrogen and oxygen atoms in total. The Morgan fingerprint density at radius 3 is 2.91 bits per heavy atom. The van der Waals surface area contributed by atoms with Gasteiger partial charge >= 0.3 is 0 Å². The second kappa shape index (κ2) is 3.09. The van der Waals surface area contributed by atoms with E-state index < -0.39 is 0 Å². The maximum Gasteiger partial charge on any atom is 0.124 e. The van der Waals surface area contributed by atoms with Crippen LogP contribution in [0.4, 0.5) is 0 Å². The van der Waals surface area contributed by atoms with Crippen LogP contribution in [0.5, 0.6) is 0 Å². The highest BCUT2D eigenvalue weighted by atomic mass is 16.1. The fraction of sp³-hybridized carbons (Fsp3) is 0.700. The van der Waals surface area contributed by atoms with Gasteiger partial charge in [-0.15, -0.1) is 6.42 Å². The number of terminal acetylenes is 1. The molecule has 11 heavy (non-hydrogen) atoms. The number of carbonyl (C=O) groups excluding carboxylic acids is 1. The van der Waals surface area contributed by atoms with Crippen LogP contribution in [-0.4, -0.2) is 6.29 Å². The molecule has 0 radical (unpaired) electrons. The quantitative estimate of drug-likeness (QED) is 0.442. The average molecular weight is 150 g/mol. The number of hydrogen-bond donors (Lipinski definition) is 0. The van der Waals surface area contributed by atoms with Gasteiger partial charge in [0.25, 0.3) is 0 Å². The number of hydrogen-bond acceptors (Lipinski definition) is 1. The van der Waals surface area contributed by atoms with Gasteiger partial charge < -0.3 is 4.79 Å². The molecular weight excluding hydrogens is 136 g/mol. The van der Waals surface area contributed by atoms with E-state index in [0.29, 0.717) is 0 Å². The van der Waals surface area contributed by atoms with E-state index >= 15 is 0 Å². The van der Waals surface area contributed by atoms with E-state index in [9.17, 15) is 4.79 Å². The maximum atomic E-state index is 10.4. The molecule has 0 spiro atoms. The monoisotopic (exact) mass is 150 g/mol. The molecule has 0 aliphatic heterocycles. The third kappa shape index (κ3) is 1.45. The normalized spacial score (nSPS) is 34.4. The Bertz CT molecular complexity index is 190. The summed E-state index contributed by atoms with van der Waals surface area (Å²) in [4.78, 5) is 10.4. The first-order chi connectivity index (χ1) is 5.29. The molecule has 1 heteroatoms.